The summed E-state index contributed by atoms with van der Waals surface area (Å²) in [7, 11) is 0. The lowest BCUT2D eigenvalue weighted by Crippen LogP contribution is -2.47. The highest BCUT2D eigenvalue weighted by Crippen LogP contribution is 2.11. The van der Waals surface area contributed by atoms with E-state index in [-0.39, 0.29) is 17.5 Å². The smallest absolute Gasteiger partial charge is 0.237 e. The van der Waals surface area contributed by atoms with Crippen molar-refractivity contribution in [3.8, 4) is 0 Å². The van der Waals surface area contributed by atoms with Gasteiger partial charge in [0.15, 0.2) is 0 Å². The molecule has 0 spiro atoms. The Bertz CT molecular complexity index is 409. The first kappa shape index (κ1) is 16.7. The molecule has 3 nitrogen and oxygen atoms in total. The number of nitrogens with one attached hydrogen (secondary N) is 1. The third kappa shape index (κ3) is 5.74. The van der Waals surface area contributed by atoms with Crippen molar-refractivity contribution in [1.29, 1.82) is 0 Å². The van der Waals surface area contributed by atoms with Gasteiger partial charge in [-0.15, -0.1) is 0 Å². The first-order valence-corrected chi connectivity index (χ1v) is 7.42. The molecular formula is C17H28N2O. The predicted molar refractivity (Wildman–Crippen MR) is 84.5 cm³/mol. The van der Waals surface area contributed by atoms with E-state index in [0.717, 1.165) is 6.42 Å². The molecule has 0 fully saturated rings. The maximum atomic E-state index is 12.5. The van der Waals surface area contributed by atoms with Crippen LogP contribution in [0.4, 0.5) is 0 Å². The monoisotopic (exact) mass is 276 g/mol. The van der Waals surface area contributed by atoms with Crippen molar-refractivity contribution in [1.82, 2.24) is 10.2 Å². The molecule has 0 aliphatic rings. The number of benzene rings is 1. The predicted octanol–water partition coefficient (Wildman–Crippen LogP) is 3.20. The summed E-state index contributed by atoms with van der Waals surface area (Å²) in [5, 5.41) is 3.28. The normalized spacial score (nSPS) is 13.1. The molecular weight excluding hydrogens is 248 g/mol. The van der Waals surface area contributed by atoms with E-state index in [1.807, 2.05) is 23.1 Å². The minimum absolute atomic E-state index is 0.0382. The molecule has 1 aromatic rings. The van der Waals surface area contributed by atoms with Gasteiger partial charge in [-0.2, -0.15) is 0 Å². The second-order valence-corrected chi connectivity index (χ2v) is 6.37. The summed E-state index contributed by atoms with van der Waals surface area (Å²) in [6.45, 7) is 11.5. The molecule has 3 heteroatoms. The van der Waals surface area contributed by atoms with Gasteiger partial charge in [0.2, 0.25) is 5.91 Å². The molecule has 0 saturated carbocycles. The number of nitrogens with zero attached hydrogens (tertiary/aromatic N) is 1. The number of hydrogen-bond donors (Lipinski definition) is 1. The molecule has 112 valence electrons. The standard InChI is InChI=1S/C17H28N2O/c1-6-14(2)19(13-15-10-8-7-9-11-15)16(20)12-18-17(3,4)5/h7-11,14,18H,6,12-13H2,1-5H3. The average molecular weight is 276 g/mol. The van der Waals surface area contributed by atoms with Crippen LogP contribution < -0.4 is 5.32 Å². The van der Waals surface area contributed by atoms with E-state index in [2.05, 4.69) is 52.1 Å². The maximum absolute atomic E-state index is 12.5. The van der Waals surface area contributed by atoms with Crippen LogP contribution in [0.3, 0.4) is 0 Å². The highest BCUT2D eigenvalue weighted by atomic mass is 16.2. The Morgan fingerprint density at radius 2 is 1.85 bits per heavy atom. The minimum Gasteiger partial charge on any atom is -0.335 e. The summed E-state index contributed by atoms with van der Waals surface area (Å²) in [4.78, 5) is 14.4. The fourth-order valence-electron chi connectivity index (χ4n) is 1.93. The van der Waals surface area contributed by atoms with E-state index >= 15 is 0 Å². The molecule has 1 atom stereocenters. The zero-order chi connectivity index (χ0) is 15.2. The molecule has 1 N–H and O–H groups in total. The summed E-state index contributed by atoms with van der Waals surface area (Å²) >= 11 is 0. The number of hydrogen-bond acceptors (Lipinski definition) is 2. The number of carbonyl (C=O) groups is 1. The lowest BCUT2D eigenvalue weighted by Gasteiger charge is -2.30. The fraction of sp³-hybridized carbons (Fsp3) is 0.588. The summed E-state index contributed by atoms with van der Waals surface area (Å²) in [5.41, 5.74) is 1.14. The van der Waals surface area contributed by atoms with Crippen LogP contribution in [0.25, 0.3) is 0 Å². The Morgan fingerprint density at radius 1 is 1.25 bits per heavy atom. The average Bonchev–Trinajstić information content (AvgIpc) is 2.41. The molecule has 0 radical (unpaired) electrons. The number of rotatable bonds is 6. The molecule has 0 bridgehead atoms. The molecule has 0 saturated heterocycles. The molecule has 0 aromatic heterocycles. The van der Waals surface area contributed by atoms with Crippen molar-refractivity contribution in [2.24, 2.45) is 0 Å². The third-order valence-corrected chi connectivity index (χ3v) is 3.41. The second-order valence-electron chi connectivity index (χ2n) is 6.37. The molecule has 0 aliphatic carbocycles. The van der Waals surface area contributed by atoms with Gasteiger partial charge in [0, 0.05) is 18.1 Å². The quantitative estimate of drug-likeness (QED) is 0.865. The second kappa shape index (κ2) is 7.44. The van der Waals surface area contributed by atoms with Crippen molar-refractivity contribution in [3.63, 3.8) is 0 Å². The summed E-state index contributed by atoms with van der Waals surface area (Å²) < 4.78 is 0. The summed E-state index contributed by atoms with van der Waals surface area (Å²) in [6.07, 6.45) is 0.966. The molecule has 20 heavy (non-hydrogen) atoms. The Morgan fingerprint density at radius 3 is 2.35 bits per heavy atom. The Kier molecular flexibility index (Phi) is 6.21. The van der Waals surface area contributed by atoms with Crippen LogP contribution in [-0.4, -0.2) is 28.9 Å². The van der Waals surface area contributed by atoms with E-state index in [1.54, 1.807) is 0 Å². The van der Waals surface area contributed by atoms with Gasteiger partial charge < -0.3 is 10.2 Å². The van der Waals surface area contributed by atoms with E-state index in [0.29, 0.717) is 13.1 Å². The topological polar surface area (TPSA) is 32.3 Å². The Balaban J connectivity index is 2.71. The van der Waals surface area contributed by atoms with Crippen molar-refractivity contribution in [2.45, 2.75) is 59.2 Å². The molecule has 1 unspecified atom stereocenters. The van der Waals surface area contributed by atoms with Gasteiger partial charge in [0.25, 0.3) is 0 Å². The van der Waals surface area contributed by atoms with Crippen LogP contribution in [0.5, 0.6) is 0 Å². The summed E-state index contributed by atoms with van der Waals surface area (Å²) in [5.74, 6) is 0.165. The van der Waals surface area contributed by atoms with Crippen molar-refractivity contribution in [2.75, 3.05) is 6.54 Å². The fourth-order valence-corrected chi connectivity index (χ4v) is 1.93. The van der Waals surface area contributed by atoms with Gasteiger partial charge in [0.1, 0.15) is 0 Å². The highest BCUT2D eigenvalue weighted by Gasteiger charge is 2.20. The van der Waals surface area contributed by atoms with Crippen molar-refractivity contribution in [3.05, 3.63) is 35.9 Å². The van der Waals surface area contributed by atoms with Crippen LogP contribution in [0.2, 0.25) is 0 Å². The first-order valence-electron chi connectivity index (χ1n) is 7.42. The summed E-state index contributed by atoms with van der Waals surface area (Å²) in [6, 6.07) is 10.4. The van der Waals surface area contributed by atoms with Gasteiger partial charge in [-0.3, -0.25) is 4.79 Å². The van der Waals surface area contributed by atoms with Gasteiger partial charge in [0.05, 0.1) is 6.54 Å². The van der Waals surface area contributed by atoms with Gasteiger partial charge in [-0.25, -0.2) is 0 Å². The zero-order valence-corrected chi connectivity index (χ0v) is 13.4. The van der Waals surface area contributed by atoms with E-state index < -0.39 is 0 Å². The lowest BCUT2D eigenvalue weighted by molar-refractivity contribution is -0.133. The van der Waals surface area contributed by atoms with Crippen molar-refractivity contribution >= 4 is 5.91 Å². The van der Waals surface area contributed by atoms with Gasteiger partial charge >= 0.3 is 0 Å². The Hall–Kier alpha value is -1.35. The van der Waals surface area contributed by atoms with Crippen LogP contribution in [0, 0.1) is 0 Å². The van der Waals surface area contributed by atoms with E-state index in [1.165, 1.54) is 5.56 Å². The molecule has 1 aromatic carbocycles. The van der Waals surface area contributed by atoms with E-state index in [9.17, 15) is 4.79 Å². The van der Waals surface area contributed by atoms with Crippen LogP contribution in [0.1, 0.15) is 46.6 Å². The largest absolute Gasteiger partial charge is 0.335 e. The SMILES string of the molecule is CCC(C)N(Cc1ccccc1)C(=O)CNC(C)(C)C. The van der Waals surface area contributed by atoms with E-state index in [4.69, 9.17) is 0 Å². The molecule has 0 aliphatic heterocycles. The van der Waals surface area contributed by atoms with Gasteiger partial charge in [-0.05, 0) is 39.7 Å². The molecule has 0 heterocycles. The highest BCUT2D eigenvalue weighted by molar-refractivity contribution is 5.78. The number of amides is 1. The Labute approximate surface area is 123 Å². The maximum Gasteiger partial charge on any atom is 0.237 e. The minimum atomic E-state index is -0.0382. The molecule has 1 amide bonds. The third-order valence-electron chi connectivity index (χ3n) is 3.41. The zero-order valence-electron chi connectivity index (χ0n) is 13.4. The molecule has 1 rings (SSSR count). The van der Waals surface area contributed by atoms with Crippen LogP contribution >= 0.6 is 0 Å². The van der Waals surface area contributed by atoms with Crippen LogP contribution in [0.15, 0.2) is 30.3 Å². The van der Waals surface area contributed by atoms with Crippen molar-refractivity contribution < 1.29 is 4.79 Å². The lowest BCUT2D eigenvalue weighted by atomic mass is 10.1. The first-order chi connectivity index (χ1) is 9.33. The van der Waals surface area contributed by atoms with Gasteiger partial charge in [-0.1, -0.05) is 37.3 Å². The van der Waals surface area contributed by atoms with Crippen LogP contribution in [-0.2, 0) is 11.3 Å². The number of carbonyl (C=O) groups excluding carboxylic acids is 1.